The first-order valence-electron chi connectivity index (χ1n) is 6.83. The molecule has 2 aliphatic rings. The fourth-order valence-electron chi connectivity index (χ4n) is 2.85. The lowest BCUT2D eigenvalue weighted by molar-refractivity contribution is -0.136. The predicted octanol–water partition coefficient (Wildman–Crippen LogP) is 0.113. The van der Waals surface area contributed by atoms with Gasteiger partial charge < -0.3 is 15.5 Å². The van der Waals surface area contributed by atoms with E-state index < -0.39 is 0 Å². The highest BCUT2D eigenvalue weighted by Gasteiger charge is 2.39. The van der Waals surface area contributed by atoms with Gasteiger partial charge in [0.15, 0.2) is 0 Å². The summed E-state index contributed by atoms with van der Waals surface area (Å²) in [5, 5.41) is 6.44. The Labute approximate surface area is 108 Å². The van der Waals surface area contributed by atoms with Gasteiger partial charge in [-0.1, -0.05) is 13.8 Å². The summed E-state index contributed by atoms with van der Waals surface area (Å²) < 4.78 is 0. The average molecular weight is 253 g/mol. The van der Waals surface area contributed by atoms with E-state index in [1.54, 1.807) is 0 Å². The van der Waals surface area contributed by atoms with Gasteiger partial charge in [0, 0.05) is 38.5 Å². The van der Waals surface area contributed by atoms with Crippen molar-refractivity contribution in [1.82, 2.24) is 15.5 Å². The van der Waals surface area contributed by atoms with Crippen LogP contribution in [0.5, 0.6) is 0 Å². The Kier molecular flexibility index (Phi) is 3.90. The molecule has 1 spiro atoms. The standard InChI is InChI=1S/C13H23N3O2/c1-10(2)12(18)16-7-6-14-8-13(9-16)5-3-4-11(17)15-13/h10,14H,3-9H2,1-2H3,(H,15,17)/t13-/m0/s1. The van der Waals surface area contributed by atoms with Crippen LogP contribution in [0.1, 0.15) is 33.1 Å². The van der Waals surface area contributed by atoms with E-state index in [0.717, 1.165) is 32.5 Å². The van der Waals surface area contributed by atoms with Crippen LogP contribution < -0.4 is 10.6 Å². The van der Waals surface area contributed by atoms with Gasteiger partial charge in [-0.3, -0.25) is 9.59 Å². The summed E-state index contributed by atoms with van der Waals surface area (Å²) in [6.07, 6.45) is 2.48. The van der Waals surface area contributed by atoms with E-state index in [4.69, 9.17) is 0 Å². The molecule has 18 heavy (non-hydrogen) atoms. The van der Waals surface area contributed by atoms with E-state index >= 15 is 0 Å². The van der Waals surface area contributed by atoms with Crippen LogP contribution in [0.15, 0.2) is 0 Å². The van der Waals surface area contributed by atoms with Crippen LogP contribution in [-0.2, 0) is 9.59 Å². The van der Waals surface area contributed by atoms with Crippen LogP contribution in [0.3, 0.4) is 0 Å². The smallest absolute Gasteiger partial charge is 0.225 e. The van der Waals surface area contributed by atoms with Crippen molar-refractivity contribution in [3.8, 4) is 0 Å². The first-order valence-corrected chi connectivity index (χ1v) is 6.83. The number of nitrogens with one attached hydrogen (secondary N) is 2. The maximum Gasteiger partial charge on any atom is 0.225 e. The Balaban J connectivity index is 2.11. The molecule has 102 valence electrons. The molecule has 0 bridgehead atoms. The zero-order valence-corrected chi connectivity index (χ0v) is 11.3. The van der Waals surface area contributed by atoms with Gasteiger partial charge in [0.25, 0.3) is 0 Å². The predicted molar refractivity (Wildman–Crippen MR) is 69.0 cm³/mol. The molecule has 0 aromatic carbocycles. The topological polar surface area (TPSA) is 61.4 Å². The van der Waals surface area contributed by atoms with Crippen LogP contribution >= 0.6 is 0 Å². The number of amides is 2. The summed E-state index contributed by atoms with van der Waals surface area (Å²) >= 11 is 0. The first-order chi connectivity index (χ1) is 8.52. The largest absolute Gasteiger partial charge is 0.348 e. The number of rotatable bonds is 1. The lowest BCUT2D eigenvalue weighted by Crippen LogP contribution is -2.61. The van der Waals surface area contributed by atoms with Crippen molar-refractivity contribution in [2.75, 3.05) is 26.2 Å². The third kappa shape index (κ3) is 2.83. The first kappa shape index (κ1) is 13.3. The van der Waals surface area contributed by atoms with E-state index in [-0.39, 0.29) is 23.3 Å². The number of hydrogen-bond acceptors (Lipinski definition) is 3. The van der Waals surface area contributed by atoms with E-state index in [9.17, 15) is 9.59 Å². The van der Waals surface area contributed by atoms with Crippen molar-refractivity contribution < 1.29 is 9.59 Å². The molecular weight excluding hydrogens is 230 g/mol. The molecule has 0 aliphatic carbocycles. The molecular formula is C13H23N3O2. The molecule has 2 fully saturated rings. The number of nitrogens with zero attached hydrogens (tertiary/aromatic N) is 1. The second-order valence-electron chi connectivity index (χ2n) is 5.77. The Morgan fingerprint density at radius 3 is 2.89 bits per heavy atom. The highest BCUT2D eigenvalue weighted by atomic mass is 16.2. The molecule has 2 rings (SSSR count). The molecule has 2 saturated heterocycles. The van der Waals surface area contributed by atoms with E-state index in [1.165, 1.54) is 0 Å². The van der Waals surface area contributed by atoms with Crippen molar-refractivity contribution in [2.24, 2.45) is 5.92 Å². The second-order valence-corrected chi connectivity index (χ2v) is 5.77. The molecule has 0 saturated carbocycles. The molecule has 0 aromatic heterocycles. The van der Waals surface area contributed by atoms with E-state index in [2.05, 4.69) is 10.6 Å². The molecule has 5 heteroatoms. The summed E-state index contributed by atoms with van der Waals surface area (Å²) in [5.41, 5.74) is -0.254. The van der Waals surface area contributed by atoms with Crippen LogP contribution in [0, 0.1) is 5.92 Å². The molecule has 0 aromatic rings. The van der Waals surface area contributed by atoms with Crippen LogP contribution in [0.4, 0.5) is 0 Å². The Hall–Kier alpha value is -1.10. The van der Waals surface area contributed by atoms with Gasteiger partial charge in [0.1, 0.15) is 0 Å². The molecule has 1 atom stereocenters. The quantitative estimate of drug-likeness (QED) is 0.697. The van der Waals surface area contributed by atoms with Gasteiger partial charge in [0.05, 0.1) is 5.54 Å². The Bertz CT molecular complexity index is 343. The fraction of sp³-hybridized carbons (Fsp3) is 0.846. The van der Waals surface area contributed by atoms with Crippen LogP contribution in [0.2, 0.25) is 0 Å². The van der Waals surface area contributed by atoms with E-state index in [1.807, 2.05) is 18.7 Å². The lowest BCUT2D eigenvalue weighted by atomic mass is 9.88. The number of carbonyl (C=O) groups excluding carboxylic acids is 2. The Morgan fingerprint density at radius 2 is 2.22 bits per heavy atom. The van der Waals surface area contributed by atoms with Gasteiger partial charge in [0.2, 0.25) is 11.8 Å². The number of hydrogen-bond donors (Lipinski definition) is 2. The minimum Gasteiger partial charge on any atom is -0.348 e. The highest BCUT2D eigenvalue weighted by Crippen LogP contribution is 2.22. The number of carbonyl (C=O) groups is 2. The maximum atomic E-state index is 12.1. The van der Waals surface area contributed by atoms with Crippen molar-refractivity contribution in [3.63, 3.8) is 0 Å². The third-order valence-electron chi connectivity index (χ3n) is 3.78. The second kappa shape index (κ2) is 5.26. The minimum atomic E-state index is -0.254. The maximum absolute atomic E-state index is 12.1. The monoisotopic (exact) mass is 253 g/mol. The Morgan fingerprint density at radius 1 is 1.44 bits per heavy atom. The minimum absolute atomic E-state index is 0.0134. The van der Waals surface area contributed by atoms with Crippen molar-refractivity contribution in [3.05, 3.63) is 0 Å². The van der Waals surface area contributed by atoms with Crippen LogP contribution in [0.25, 0.3) is 0 Å². The molecule has 2 amide bonds. The van der Waals surface area contributed by atoms with Crippen molar-refractivity contribution in [1.29, 1.82) is 0 Å². The van der Waals surface area contributed by atoms with Gasteiger partial charge in [-0.05, 0) is 12.8 Å². The zero-order valence-electron chi connectivity index (χ0n) is 11.3. The summed E-state index contributed by atoms with van der Waals surface area (Å²) in [5.74, 6) is 0.305. The summed E-state index contributed by atoms with van der Waals surface area (Å²) in [7, 11) is 0. The molecule has 2 aliphatic heterocycles. The summed E-state index contributed by atoms with van der Waals surface area (Å²) in [4.78, 5) is 25.7. The third-order valence-corrected chi connectivity index (χ3v) is 3.78. The lowest BCUT2D eigenvalue weighted by Gasteiger charge is -2.40. The molecule has 5 nitrogen and oxygen atoms in total. The highest BCUT2D eigenvalue weighted by molar-refractivity contribution is 5.79. The van der Waals surface area contributed by atoms with Gasteiger partial charge in [-0.15, -0.1) is 0 Å². The summed E-state index contributed by atoms with van der Waals surface area (Å²) in [6, 6.07) is 0. The molecule has 2 N–H and O–H groups in total. The van der Waals surface area contributed by atoms with Gasteiger partial charge in [-0.25, -0.2) is 0 Å². The zero-order chi connectivity index (χ0) is 13.2. The van der Waals surface area contributed by atoms with Crippen molar-refractivity contribution >= 4 is 11.8 Å². The molecule has 2 heterocycles. The average Bonchev–Trinajstić information content (AvgIpc) is 2.51. The number of piperidine rings is 1. The normalized spacial score (nSPS) is 29.3. The van der Waals surface area contributed by atoms with E-state index in [0.29, 0.717) is 13.0 Å². The molecule has 0 unspecified atom stereocenters. The van der Waals surface area contributed by atoms with Gasteiger partial charge in [-0.2, -0.15) is 0 Å². The summed E-state index contributed by atoms with van der Waals surface area (Å²) in [6.45, 7) is 6.79. The fourth-order valence-corrected chi connectivity index (χ4v) is 2.85. The molecule has 0 radical (unpaired) electrons. The SMILES string of the molecule is CC(C)C(=O)N1CCNC[C@@]2(CCCC(=O)N2)C1. The van der Waals surface area contributed by atoms with Crippen LogP contribution in [-0.4, -0.2) is 48.4 Å². The van der Waals surface area contributed by atoms with Gasteiger partial charge >= 0.3 is 0 Å². The van der Waals surface area contributed by atoms with Crippen molar-refractivity contribution in [2.45, 2.75) is 38.6 Å².